The fourth-order valence-electron chi connectivity index (χ4n) is 5.25. The Morgan fingerprint density at radius 1 is 0.891 bits per heavy atom. The van der Waals surface area contributed by atoms with E-state index in [0.717, 1.165) is 21.7 Å². The molecule has 0 unspecified atom stereocenters. The van der Waals surface area contributed by atoms with Gasteiger partial charge >= 0.3 is 0 Å². The first-order valence-electron chi connectivity index (χ1n) is 14.1. The van der Waals surface area contributed by atoms with Crippen LogP contribution >= 0.6 is 0 Å². The number of hydrogen-bond acceptors (Lipinski definition) is 6. The number of carbonyl (C=O) groups is 1. The van der Waals surface area contributed by atoms with Crippen molar-refractivity contribution in [3.63, 3.8) is 0 Å². The van der Waals surface area contributed by atoms with Crippen molar-refractivity contribution in [2.75, 3.05) is 0 Å². The molecule has 6 rings (SSSR count). The molecule has 3 aromatic carbocycles. The number of halogens is 2. The third kappa shape index (κ3) is 5.86. The largest absolute Gasteiger partial charge is 0.310 e. The number of aromatic nitrogens is 3. The van der Waals surface area contributed by atoms with Crippen LogP contribution in [0.5, 0.6) is 0 Å². The second-order valence-electron chi connectivity index (χ2n) is 10.6. The normalized spacial score (nSPS) is 11.4. The molecule has 0 aliphatic heterocycles. The predicted octanol–water partition coefficient (Wildman–Crippen LogP) is 6.12. The van der Waals surface area contributed by atoms with Gasteiger partial charge in [-0.15, -0.1) is 0 Å². The maximum Gasteiger partial charge on any atom is 0.269 e. The quantitative estimate of drug-likeness (QED) is 0.177. The highest BCUT2D eigenvalue weighted by Gasteiger charge is 2.23. The summed E-state index contributed by atoms with van der Waals surface area (Å²) in [5, 5.41) is 9.97. The molecule has 0 fully saturated rings. The third-order valence-corrected chi connectivity index (χ3v) is 9.24. The van der Waals surface area contributed by atoms with Gasteiger partial charge in [-0.3, -0.25) is 9.59 Å². The average molecular weight is 635 g/mol. The van der Waals surface area contributed by atoms with Crippen molar-refractivity contribution in [2.45, 2.75) is 24.3 Å². The van der Waals surface area contributed by atoms with Crippen LogP contribution in [0.25, 0.3) is 22.2 Å². The van der Waals surface area contributed by atoms with E-state index in [9.17, 15) is 32.0 Å². The Bertz CT molecular complexity index is 2340. The van der Waals surface area contributed by atoms with Gasteiger partial charge in [0.05, 0.1) is 22.6 Å². The van der Waals surface area contributed by atoms with Crippen molar-refractivity contribution in [2.24, 2.45) is 0 Å². The van der Waals surface area contributed by atoms with Crippen molar-refractivity contribution < 1.29 is 22.0 Å². The van der Waals surface area contributed by atoms with Gasteiger partial charge in [-0.2, -0.15) is 5.26 Å². The van der Waals surface area contributed by atoms with Crippen LogP contribution in [0.3, 0.4) is 0 Å². The molecule has 3 aromatic heterocycles. The molecule has 3 heterocycles. The van der Waals surface area contributed by atoms with Crippen LogP contribution in [0.2, 0.25) is 0 Å². The fourth-order valence-corrected chi connectivity index (χ4v) is 6.60. The third-order valence-electron chi connectivity index (χ3n) is 7.58. The highest BCUT2D eigenvalue weighted by Crippen LogP contribution is 2.33. The Hall–Kier alpha value is -5.73. The number of nitriles is 1. The molecule has 11 heteroatoms. The first-order chi connectivity index (χ1) is 22.2. The van der Waals surface area contributed by atoms with Gasteiger partial charge in [0, 0.05) is 36.0 Å². The molecule has 0 aliphatic rings. The number of fused-ring (bicyclic) bond motifs is 1. The van der Waals surface area contributed by atoms with Crippen molar-refractivity contribution in [1.29, 1.82) is 5.26 Å². The molecule has 0 atom stereocenters. The Morgan fingerprint density at radius 2 is 1.70 bits per heavy atom. The van der Waals surface area contributed by atoms with E-state index >= 15 is 0 Å². The van der Waals surface area contributed by atoms with Gasteiger partial charge in [0.2, 0.25) is 0 Å². The molecule has 0 amide bonds. The molecule has 0 aliphatic carbocycles. The highest BCUT2D eigenvalue weighted by atomic mass is 32.2. The monoisotopic (exact) mass is 634 g/mol. The molecule has 0 bridgehead atoms. The molecule has 46 heavy (non-hydrogen) atoms. The van der Waals surface area contributed by atoms with E-state index in [4.69, 9.17) is 0 Å². The van der Waals surface area contributed by atoms with E-state index < -0.39 is 27.2 Å². The lowest BCUT2D eigenvalue weighted by molar-refractivity contribution is 0.0980. The van der Waals surface area contributed by atoms with Gasteiger partial charge in [-0.1, -0.05) is 48.5 Å². The molecule has 8 nitrogen and oxygen atoms in total. The summed E-state index contributed by atoms with van der Waals surface area (Å²) in [4.78, 5) is 30.6. The number of rotatable bonds is 9. The van der Waals surface area contributed by atoms with Gasteiger partial charge in [-0.05, 0) is 65.6 Å². The zero-order valence-electron chi connectivity index (χ0n) is 24.1. The summed E-state index contributed by atoms with van der Waals surface area (Å²) >= 11 is 0. The smallest absolute Gasteiger partial charge is 0.269 e. The van der Waals surface area contributed by atoms with Crippen molar-refractivity contribution in [3.8, 4) is 17.2 Å². The van der Waals surface area contributed by atoms with Crippen molar-refractivity contribution in [1.82, 2.24) is 13.5 Å². The number of carbonyl (C=O) groups excluding carboxylic acids is 1. The molecular formula is C35H24F2N4O4S. The van der Waals surface area contributed by atoms with Gasteiger partial charge in [0.1, 0.15) is 6.07 Å². The number of hydrogen-bond donors (Lipinski definition) is 0. The van der Waals surface area contributed by atoms with E-state index in [1.165, 1.54) is 47.4 Å². The Balaban J connectivity index is 1.28. The maximum atomic E-state index is 13.7. The first-order valence-corrected chi connectivity index (χ1v) is 15.6. The predicted molar refractivity (Wildman–Crippen MR) is 168 cm³/mol. The fraction of sp³-hybridized carbons (Fsp3) is 0.0857. The van der Waals surface area contributed by atoms with Gasteiger partial charge in [0.25, 0.3) is 15.6 Å². The van der Waals surface area contributed by atoms with Crippen LogP contribution < -0.4 is 5.56 Å². The van der Waals surface area contributed by atoms with E-state index in [0.29, 0.717) is 22.1 Å². The molecule has 228 valence electrons. The van der Waals surface area contributed by atoms with E-state index in [1.807, 2.05) is 18.2 Å². The maximum absolute atomic E-state index is 13.7. The summed E-state index contributed by atoms with van der Waals surface area (Å²) in [5.74, 6) is -2.40. The van der Waals surface area contributed by atoms with Crippen LogP contribution in [0.4, 0.5) is 8.78 Å². The SMILES string of the molecule is N#Cc1cnc2c(c1)c(-c1cccc(CCC(=O)c3cccn(Cc4ccc(F)c(F)c4)c3=O)c1)cn2S(=O)(=O)c1ccccc1. The van der Waals surface area contributed by atoms with Gasteiger partial charge in [-0.25, -0.2) is 26.2 Å². The summed E-state index contributed by atoms with van der Waals surface area (Å²) in [6.45, 7) is -0.0326. The molecular weight excluding hydrogens is 610 g/mol. The molecule has 0 radical (unpaired) electrons. The van der Waals surface area contributed by atoms with Crippen molar-refractivity contribution in [3.05, 3.63) is 154 Å². The summed E-state index contributed by atoms with van der Waals surface area (Å²) in [6.07, 6.45) is 4.57. The minimum Gasteiger partial charge on any atom is -0.310 e. The number of nitrogens with zero attached hydrogens (tertiary/aromatic N) is 4. The second kappa shape index (κ2) is 12.3. The molecule has 0 N–H and O–H groups in total. The molecule has 0 saturated carbocycles. The average Bonchev–Trinajstić information content (AvgIpc) is 3.46. The summed E-state index contributed by atoms with van der Waals surface area (Å²) < 4.78 is 56.5. The minimum absolute atomic E-state index is 0.0121. The summed E-state index contributed by atoms with van der Waals surface area (Å²) in [7, 11) is -4.01. The first kappa shape index (κ1) is 30.3. The molecule has 6 aromatic rings. The Kier molecular flexibility index (Phi) is 8.13. The minimum atomic E-state index is -4.01. The van der Waals surface area contributed by atoms with E-state index in [1.54, 1.807) is 42.5 Å². The second-order valence-corrected chi connectivity index (χ2v) is 12.4. The summed E-state index contributed by atoms with van der Waals surface area (Å²) in [6, 6.07) is 25.2. The Labute approximate surface area is 262 Å². The number of ketones is 1. The molecule has 0 saturated heterocycles. The van der Waals surface area contributed by atoms with Crippen molar-refractivity contribution >= 4 is 26.8 Å². The lowest BCUT2D eigenvalue weighted by Gasteiger charge is -2.09. The van der Waals surface area contributed by atoms with Crippen LogP contribution in [-0.4, -0.2) is 27.7 Å². The van der Waals surface area contributed by atoms with Crippen LogP contribution in [-0.2, 0) is 23.0 Å². The number of Topliss-reactive ketones (excluding diaryl/α,β-unsaturated/α-hetero) is 1. The lowest BCUT2D eigenvalue weighted by atomic mass is 9.99. The number of aryl methyl sites for hydroxylation is 1. The lowest BCUT2D eigenvalue weighted by Crippen LogP contribution is -2.26. The van der Waals surface area contributed by atoms with E-state index in [2.05, 4.69) is 4.98 Å². The molecule has 0 spiro atoms. The Morgan fingerprint density at radius 3 is 2.46 bits per heavy atom. The standard InChI is InChI=1S/C35H24F2N4O4S/c36-31-13-11-24(18-32(31)37)21-40-15-5-10-28(35(40)43)33(42)14-12-23-6-4-7-26(16-23)30-22-41(34-29(30)17-25(19-38)20-39-34)46(44,45)27-8-2-1-3-9-27/h1-11,13,15-18,20,22H,12,14,21H2. The van der Waals surface area contributed by atoms with Crippen LogP contribution in [0, 0.1) is 23.0 Å². The highest BCUT2D eigenvalue weighted by molar-refractivity contribution is 7.90. The van der Waals surface area contributed by atoms with Crippen LogP contribution in [0.1, 0.15) is 33.5 Å². The van der Waals surface area contributed by atoms with Crippen LogP contribution in [0.15, 0.2) is 119 Å². The van der Waals surface area contributed by atoms with E-state index in [-0.39, 0.29) is 46.8 Å². The number of pyridine rings is 2. The van der Waals surface area contributed by atoms with Gasteiger partial charge in [0.15, 0.2) is 23.1 Å². The zero-order valence-corrected chi connectivity index (χ0v) is 24.9. The number of benzene rings is 3. The van der Waals surface area contributed by atoms with Gasteiger partial charge < -0.3 is 4.57 Å². The zero-order chi connectivity index (χ0) is 32.4. The summed E-state index contributed by atoms with van der Waals surface area (Å²) in [5.41, 5.74) is 2.20. The topological polar surface area (TPSA) is 115 Å².